The molecular formula is C12H23ClN6. The van der Waals surface area contributed by atoms with E-state index in [0.29, 0.717) is 0 Å². The lowest BCUT2D eigenvalue weighted by molar-refractivity contribution is 0.166. The number of halogens is 1. The zero-order chi connectivity index (χ0) is 13.6. The van der Waals surface area contributed by atoms with Gasteiger partial charge in [-0.1, -0.05) is 13.8 Å². The van der Waals surface area contributed by atoms with E-state index in [-0.39, 0.29) is 47.0 Å². The highest BCUT2D eigenvalue weighted by molar-refractivity contribution is 5.86. The number of amidine groups is 2. The third kappa shape index (κ3) is 2.33. The first-order valence-corrected chi connectivity index (χ1v) is 6.39. The van der Waals surface area contributed by atoms with Crippen LogP contribution in [0.3, 0.4) is 0 Å². The van der Waals surface area contributed by atoms with Gasteiger partial charge in [-0.15, -0.1) is 12.4 Å². The molecule has 2 rings (SSSR count). The second-order valence-corrected chi connectivity index (χ2v) is 6.00. The van der Waals surface area contributed by atoms with E-state index in [0.717, 1.165) is 25.7 Å². The summed E-state index contributed by atoms with van der Waals surface area (Å²) in [6, 6.07) is 0.0404. The lowest BCUT2D eigenvalue weighted by Crippen LogP contribution is -2.52. The lowest BCUT2D eigenvalue weighted by Gasteiger charge is -2.45. The molecule has 2 saturated carbocycles. The molecule has 6 N–H and O–H groups in total. The van der Waals surface area contributed by atoms with Crippen LogP contribution in [0.25, 0.3) is 0 Å². The van der Waals surface area contributed by atoms with Crippen molar-refractivity contribution in [1.29, 1.82) is 10.8 Å². The largest absolute Gasteiger partial charge is 0.387 e. The number of nitrogens with one attached hydrogen (secondary N) is 2. The van der Waals surface area contributed by atoms with E-state index in [1.807, 2.05) is 13.8 Å². The molecule has 0 spiro atoms. The normalized spacial score (nSPS) is 40.9. The van der Waals surface area contributed by atoms with Gasteiger partial charge >= 0.3 is 0 Å². The third-order valence-electron chi connectivity index (χ3n) is 4.92. The summed E-state index contributed by atoms with van der Waals surface area (Å²) < 4.78 is 0. The van der Waals surface area contributed by atoms with Crippen LogP contribution in [-0.4, -0.2) is 23.8 Å². The predicted molar refractivity (Wildman–Crippen MR) is 78.2 cm³/mol. The summed E-state index contributed by atoms with van der Waals surface area (Å²) in [5.41, 5.74) is 10.6. The predicted octanol–water partition coefficient (Wildman–Crippen LogP) is 2.07. The number of rotatable bonds is 4. The molecule has 0 aromatic carbocycles. The van der Waals surface area contributed by atoms with Gasteiger partial charge < -0.3 is 11.5 Å². The molecule has 0 aromatic rings. The average molecular weight is 287 g/mol. The van der Waals surface area contributed by atoms with Crippen molar-refractivity contribution in [2.24, 2.45) is 32.5 Å². The number of hydrogen-bond acceptors (Lipinski definition) is 4. The Kier molecular flexibility index (Phi) is 4.24. The van der Waals surface area contributed by atoms with Crippen LogP contribution < -0.4 is 11.5 Å². The van der Waals surface area contributed by atoms with Gasteiger partial charge in [-0.25, -0.2) is 0 Å². The van der Waals surface area contributed by atoms with Crippen LogP contribution in [0.5, 0.6) is 0 Å². The molecule has 7 heteroatoms. The van der Waals surface area contributed by atoms with Crippen molar-refractivity contribution in [2.45, 2.75) is 51.6 Å². The van der Waals surface area contributed by atoms with E-state index >= 15 is 0 Å². The maximum absolute atomic E-state index is 7.59. The molecule has 0 aromatic heterocycles. The number of hydrogen-bond donors (Lipinski definition) is 4. The van der Waals surface area contributed by atoms with Crippen molar-refractivity contribution in [2.75, 3.05) is 0 Å². The Bertz CT molecular complexity index is 384. The summed E-state index contributed by atoms with van der Waals surface area (Å²) in [4.78, 5) is 0. The van der Waals surface area contributed by atoms with Crippen LogP contribution >= 0.6 is 12.4 Å². The fraction of sp³-hybridized carbons (Fsp3) is 0.833. The minimum atomic E-state index is -0.320. The van der Waals surface area contributed by atoms with Crippen LogP contribution in [0.2, 0.25) is 0 Å². The highest BCUT2D eigenvalue weighted by atomic mass is 35.5. The second-order valence-electron chi connectivity index (χ2n) is 6.00. The molecule has 108 valence electrons. The number of nitrogens with zero attached hydrogens (tertiary/aromatic N) is 2. The monoisotopic (exact) mass is 286 g/mol. The van der Waals surface area contributed by atoms with Gasteiger partial charge in [0.25, 0.3) is 0 Å². The molecule has 0 saturated heterocycles. The zero-order valence-electron chi connectivity index (χ0n) is 11.4. The minimum absolute atomic E-state index is 0. The Morgan fingerprint density at radius 2 is 1.26 bits per heavy atom. The van der Waals surface area contributed by atoms with Crippen molar-refractivity contribution < 1.29 is 0 Å². The fourth-order valence-electron chi connectivity index (χ4n) is 2.57. The van der Waals surface area contributed by atoms with E-state index in [1.165, 1.54) is 0 Å². The highest BCUT2D eigenvalue weighted by Gasteiger charge is 2.48. The quantitative estimate of drug-likeness (QED) is 0.359. The lowest BCUT2D eigenvalue weighted by atomic mass is 9.64. The summed E-state index contributed by atoms with van der Waals surface area (Å²) >= 11 is 0. The van der Waals surface area contributed by atoms with Crippen LogP contribution in [-0.2, 0) is 0 Å². The fourth-order valence-corrected chi connectivity index (χ4v) is 2.57. The summed E-state index contributed by atoms with van der Waals surface area (Å²) in [5.74, 6) is 0.390. The maximum atomic E-state index is 7.59. The van der Waals surface area contributed by atoms with Crippen LogP contribution in [0, 0.1) is 21.6 Å². The first-order valence-electron chi connectivity index (χ1n) is 6.39. The van der Waals surface area contributed by atoms with Gasteiger partial charge in [0, 0.05) is 10.8 Å². The Labute approximate surface area is 119 Å². The summed E-state index contributed by atoms with van der Waals surface area (Å²) in [7, 11) is 0. The molecule has 19 heavy (non-hydrogen) atoms. The molecule has 2 aliphatic rings. The van der Waals surface area contributed by atoms with Crippen molar-refractivity contribution >= 4 is 24.1 Å². The third-order valence-corrected chi connectivity index (χ3v) is 4.92. The van der Waals surface area contributed by atoms with Crippen molar-refractivity contribution in [3.63, 3.8) is 0 Å². The van der Waals surface area contributed by atoms with Gasteiger partial charge in [-0.05, 0) is 25.7 Å². The van der Waals surface area contributed by atoms with E-state index in [9.17, 15) is 0 Å². The van der Waals surface area contributed by atoms with Gasteiger partial charge in [-0.3, -0.25) is 10.8 Å². The molecule has 4 atom stereocenters. The maximum Gasteiger partial charge on any atom is 0.0988 e. The van der Waals surface area contributed by atoms with E-state index in [2.05, 4.69) is 10.2 Å². The number of nitrogens with two attached hydrogens (primary N) is 2. The van der Waals surface area contributed by atoms with E-state index in [4.69, 9.17) is 22.3 Å². The second kappa shape index (κ2) is 5.07. The Hall–Kier alpha value is -1.17. The Morgan fingerprint density at radius 1 is 0.947 bits per heavy atom. The molecule has 6 nitrogen and oxygen atoms in total. The molecule has 0 bridgehead atoms. The Balaban J connectivity index is 0.00000180. The first kappa shape index (κ1) is 15.9. The first-order chi connectivity index (χ1) is 8.30. The molecule has 2 aliphatic carbocycles. The summed E-state index contributed by atoms with van der Waals surface area (Å²) in [6.07, 6.45) is 3.67. The minimum Gasteiger partial charge on any atom is -0.387 e. The van der Waals surface area contributed by atoms with Crippen LogP contribution in [0.4, 0.5) is 0 Å². The standard InChI is InChI=1S/C12H22N6.ClH/c1-11(9(13)14)5-3-7(11)17-18-8-4-6-12(8,2)10(15)16;/h7-8H,3-6H2,1-2H3,(H3,13,14)(H3,15,16);1H. The summed E-state index contributed by atoms with van der Waals surface area (Å²) in [5, 5.41) is 23.9. The molecule has 2 fully saturated rings. The van der Waals surface area contributed by atoms with Crippen molar-refractivity contribution in [3.05, 3.63) is 0 Å². The zero-order valence-corrected chi connectivity index (χ0v) is 12.3. The van der Waals surface area contributed by atoms with Crippen molar-refractivity contribution in [3.8, 4) is 0 Å². The van der Waals surface area contributed by atoms with Crippen molar-refractivity contribution in [1.82, 2.24) is 0 Å². The molecule has 0 heterocycles. The molecule has 0 aliphatic heterocycles. The molecule has 4 unspecified atom stereocenters. The van der Waals surface area contributed by atoms with Gasteiger partial charge in [0.2, 0.25) is 0 Å². The van der Waals surface area contributed by atoms with Crippen LogP contribution in [0.1, 0.15) is 39.5 Å². The van der Waals surface area contributed by atoms with E-state index < -0.39 is 0 Å². The molecule has 0 amide bonds. The number of azo groups is 1. The molecule has 0 radical (unpaired) electrons. The van der Waals surface area contributed by atoms with E-state index in [1.54, 1.807) is 0 Å². The summed E-state index contributed by atoms with van der Waals surface area (Å²) in [6.45, 7) is 3.93. The average Bonchev–Trinajstić information content (AvgIpc) is 2.28. The SMILES string of the molecule is CC1(C(=N)N)CCC1N=NC1CCC1(C)C(=N)N.Cl. The highest BCUT2D eigenvalue weighted by Crippen LogP contribution is 2.46. The Morgan fingerprint density at radius 3 is 1.42 bits per heavy atom. The smallest absolute Gasteiger partial charge is 0.0988 e. The topological polar surface area (TPSA) is 124 Å². The van der Waals surface area contributed by atoms with Gasteiger partial charge in [0.05, 0.1) is 23.8 Å². The molecular weight excluding hydrogens is 264 g/mol. The van der Waals surface area contributed by atoms with Gasteiger partial charge in [0.15, 0.2) is 0 Å². The van der Waals surface area contributed by atoms with Gasteiger partial charge in [0.1, 0.15) is 0 Å². The van der Waals surface area contributed by atoms with Gasteiger partial charge in [-0.2, -0.15) is 10.2 Å². The van der Waals surface area contributed by atoms with Crippen LogP contribution in [0.15, 0.2) is 10.2 Å².